The fourth-order valence-corrected chi connectivity index (χ4v) is 2.18. The van der Waals surface area contributed by atoms with Crippen LogP contribution in [0.2, 0.25) is 0 Å². The summed E-state index contributed by atoms with van der Waals surface area (Å²) in [6, 6.07) is 8.47. The van der Waals surface area contributed by atoms with Crippen LogP contribution in [0.25, 0.3) is 10.9 Å². The van der Waals surface area contributed by atoms with Crippen LogP contribution in [0.4, 0.5) is 10.5 Å². The number of hydrogen-bond acceptors (Lipinski definition) is 4. The van der Waals surface area contributed by atoms with Crippen LogP contribution in [0.5, 0.6) is 0 Å². The number of carbonyl (C=O) groups excluding carboxylic acids is 1. The van der Waals surface area contributed by atoms with E-state index in [4.69, 9.17) is 9.84 Å². The molecule has 1 amide bonds. The van der Waals surface area contributed by atoms with Gasteiger partial charge in [0.1, 0.15) is 11.3 Å². The number of benzene rings is 1. The van der Waals surface area contributed by atoms with Gasteiger partial charge < -0.3 is 9.84 Å². The summed E-state index contributed by atoms with van der Waals surface area (Å²) in [6.07, 6.45) is -0.491. The maximum Gasteiger partial charge on any atom is 0.414 e. The third kappa shape index (κ3) is 3.77. The van der Waals surface area contributed by atoms with Crippen LogP contribution in [0, 0.1) is 0 Å². The molecule has 0 aliphatic rings. The Morgan fingerprint density at radius 2 is 1.91 bits per heavy atom. The van der Waals surface area contributed by atoms with Crippen LogP contribution >= 0.6 is 0 Å². The number of carboxylic acids is 1. The van der Waals surface area contributed by atoms with Crippen molar-refractivity contribution in [2.45, 2.75) is 33.3 Å². The zero-order valence-electron chi connectivity index (χ0n) is 13.7. The number of fused-ring (bicyclic) bond motifs is 1. The fraction of sp³-hybridized carbons (Fsp3) is 0.353. The molecule has 2 rings (SSSR count). The van der Waals surface area contributed by atoms with Crippen molar-refractivity contribution in [2.75, 3.05) is 11.4 Å². The molecule has 122 valence electrons. The normalized spacial score (nSPS) is 11.3. The van der Waals surface area contributed by atoms with Gasteiger partial charge in [0.2, 0.25) is 0 Å². The number of pyridine rings is 1. The molecule has 1 aromatic carbocycles. The van der Waals surface area contributed by atoms with Crippen molar-refractivity contribution in [3.05, 3.63) is 36.0 Å². The quantitative estimate of drug-likeness (QED) is 0.934. The molecule has 6 heteroatoms. The lowest BCUT2D eigenvalue weighted by Crippen LogP contribution is -2.37. The van der Waals surface area contributed by atoms with Crippen molar-refractivity contribution < 1.29 is 19.4 Å². The second-order valence-electron chi connectivity index (χ2n) is 6.08. The molecule has 0 radical (unpaired) electrons. The number of carbonyl (C=O) groups is 2. The first kappa shape index (κ1) is 16.7. The number of hydrogen-bond donors (Lipinski definition) is 1. The molecule has 6 nitrogen and oxygen atoms in total. The summed E-state index contributed by atoms with van der Waals surface area (Å²) in [6.45, 7) is 7.59. The molecule has 1 N–H and O–H groups in total. The summed E-state index contributed by atoms with van der Waals surface area (Å²) >= 11 is 0. The Morgan fingerprint density at radius 3 is 2.48 bits per heavy atom. The summed E-state index contributed by atoms with van der Waals surface area (Å²) in [7, 11) is 0. The summed E-state index contributed by atoms with van der Waals surface area (Å²) in [5, 5.41) is 9.88. The van der Waals surface area contributed by atoms with Gasteiger partial charge in [-0.25, -0.2) is 14.6 Å². The number of aromatic nitrogens is 1. The first-order valence-corrected chi connectivity index (χ1v) is 7.36. The van der Waals surface area contributed by atoms with Crippen LogP contribution in [-0.2, 0) is 4.74 Å². The molecule has 0 fully saturated rings. The Kier molecular flexibility index (Phi) is 4.54. The van der Waals surface area contributed by atoms with Crippen LogP contribution in [0.1, 0.15) is 38.2 Å². The number of amides is 1. The molecular weight excluding hydrogens is 296 g/mol. The van der Waals surface area contributed by atoms with Crippen LogP contribution in [0.3, 0.4) is 0 Å². The van der Waals surface area contributed by atoms with Crippen LogP contribution < -0.4 is 4.90 Å². The smallest absolute Gasteiger partial charge is 0.414 e. The monoisotopic (exact) mass is 316 g/mol. The molecule has 2 aromatic rings. The first-order chi connectivity index (χ1) is 10.7. The lowest BCUT2D eigenvalue weighted by Gasteiger charge is -2.27. The number of anilines is 1. The van der Waals surface area contributed by atoms with Crippen LogP contribution in [0.15, 0.2) is 30.3 Å². The predicted octanol–water partition coefficient (Wildman–Crippen LogP) is 3.69. The van der Waals surface area contributed by atoms with Gasteiger partial charge in [-0.15, -0.1) is 0 Å². The van der Waals surface area contributed by atoms with E-state index in [1.54, 1.807) is 39.0 Å². The second-order valence-corrected chi connectivity index (χ2v) is 6.08. The highest BCUT2D eigenvalue weighted by atomic mass is 16.6. The summed E-state index contributed by atoms with van der Waals surface area (Å²) < 4.78 is 5.41. The van der Waals surface area contributed by atoms with E-state index in [9.17, 15) is 9.59 Å². The van der Waals surface area contributed by atoms with Gasteiger partial charge in [-0.1, -0.05) is 18.2 Å². The molecule has 0 saturated heterocycles. The van der Waals surface area contributed by atoms with Gasteiger partial charge in [0.15, 0.2) is 0 Å². The molecule has 1 heterocycles. The minimum absolute atomic E-state index is 0.0646. The van der Waals surface area contributed by atoms with E-state index in [2.05, 4.69) is 4.98 Å². The molecule has 23 heavy (non-hydrogen) atoms. The summed E-state index contributed by atoms with van der Waals surface area (Å²) in [5.74, 6) is -1.11. The Morgan fingerprint density at radius 1 is 1.22 bits per heavy atom. The number of para-hydroxylation sites is 1. The SMILES string of the molecule is CCN(C(=O)OC(C)(C)C)c1cccc2ccc(C(=O)O)nc12. The zero-order chi connectivity index (χ0) is 17.2. The Labute approximate surface area is 134 Å². The van der Waals surface area contributed by atoms with Crippen molar-refractivity contribution in [2.24, 2.45) is 0 Å². The highest BCUT2D eigenvalue weighted by Gasteiger charge is 2.24. The minimum Gasteiger partial charge on any atom is -0.477 e. The van der Waals surface area contributed by atoms with Gasteiger partial charge in [0, 0.05) is 11.9 Å². The van der Waals surface area contributed by atoms with Crippen molar-refractivity contribution in [3.8, 4) is 0 Å². The molecule has 0 saturated carbocycles. The highest BCUT2D eigenvalue weighted by Crippen LogP contribution is 2.27. The summed E-state index contributed by atoms with van der Waals surface area (Å²) in [5.41, 5.74) is 0.307. The van der Waals surface area contributed by atoms with E-state index >= 15 is 0 Å². The summed E-state index contributed by atoms with van der Waals surface area (Å²) in [4.78, 5) is 29.2. The van der Waals surface area contributed by atoms with Crippen molar-refractivity contribution in [1.82, 2.24) is 4.98 Å². The second kappa shape index (κ2) is 6.24. The van der Waals surface area contributed by atoms with Crippen molar-refractivity contribution in [3.63, 3.8) is 0 Å². The van der Waals surface area contributed by atoms with E-state index in [0.717, 1.165) is 5.39 Å². The third-order valence-corrected chi connectivity index (χ3v) is 3.14. The maximum atomic E-state index is 12.4. The lowest BCUT2D eigenvalue weighted by molar-refractivity contribution is 0.0582. The Bertz CT molecular complexity index is 750. The fourth-order valence-electron chi connectivity index (χ4n) is 2.18. The minimum atomic E-state index is -1.11. The average molecular weight is 316 g/mol. The number of carboxylic acid groups (broad SMARTS) is 1. The van der Waals surface area contributed by atoms with Gasteiger partial charge in [0.05, 0.1) is 11.2 Å². The third-order valence-electron chi connectivity index (χ3n) is 3.14. The number of ether oxygens (including phenoxy) is 1. The van der Waals surface area contributed by atoms with Crippen LogP contribution in [-0.4, -0.2) is 34.3 Å². The van der Waals surface area contributed by atoms with E-state index in [1.165, 1.54) is 11.0 Å². The lowest BCUT2D eigenvalue weighted by atomic mass is 10.1. The van der Waals surface area contributed by atoms with E-state index in [0.29, 0.717) is 17.7 Å². The molecule has 0 aliphatic carbocycles. The largest absolute Gasteiger partial charge is 0.477 e. The van der Waals surface area contributed by atoms with Gasteiger partial charge in [0.25, 0.3) is 0 Å². The molecule has 0 bridgehead atoms. The van der Waals surface area contributed by atoms with Crippen molar-refractivity contribution in [1.29, 1.82) is 0 Å². The van der Waals surface area contributed by atoms with Gasteiger partial charge >= 0.3 is 12.1 Å². The topological polar surface area (TPSA) is 79.7 Å². The Balaban J connectivity index is 2.53. The van der Waals surface area contributed by atoms with E-state index in [-0.39, 0.29) is 5.69 Å². The van der Waals surface area contributed by atoms with Gasteiger partial charge in [-0.3, -0.25) is 4.90 Å². The molecular formula is C17H20N2O4. The van der Waals surface area contributed by atoms with E-state index in [1.807, 2.05) is 13.0 Å². The first-order valence-electron chi connectivity index (χ1n) is 7.36. The van der Waals surface area contributed by atoms with Gasteiger partial charge in [-0.05, 0) is 39.8 Å². The Hall–Kier alpha value is -2.63. The molecule has 0 atom stereocenters. The number of rotatable bonds is 3. The molecule has 1 aromatic heterocycles. The van der Waals surface area contributed by atoms with E-state index < -0.39 is 17.7 Å². The zero-order valence-corrected chi connectivity index (χ0v) is 13.7. The molecule has 0 unspecified atom stereocenters. The van der Waals surface area contributed by atoms with Crippen molar-refractivity contribution >= 4 is 28.7 Å². The number of aromatic carboxylic acids is 1. The average Bonchev–Trinajstić information content (AvgIpc) is 2.45. The standard InChI is InChI=1S/C17H20N2O4/c1-5-19(16(22)23-17(2,3)4)13-8-6-7-11-9-10-12(15(20)21)18-14(11)13/h6-10H,5H2,1-4H3,(H,20,21). The maximum absolute atomic E-state index is 12.4. The molecule has 0 aliphatic heterocycles. The van der Waals surface area contributed by atoms with Gasteiger partial charge in [-0.2, -0.15) is 0 Å². The number of nitrogens with zero attached hydrogens (tertiary/aromatic N) is 2. The highest BCUT2D eigenvalue weighted by molar-refractivity contribution is 6.01. The predicted molar refractivity (Wildman–Crippen MR) is 88.0 cm³/mol. The molecule has 0 spiro atoms.